The maximum absolute atomic E-state index is 13.1. The lowest BCUT2D eigenvalue weighted by Gasteiger charge is -2.43. The van der Waals surface area contributed by atoms with Gasteiger partial charge in [-0.2, -0.15) is 0 Å². The number of hydrogen-bond acceptors (Lipinski definition) is 4. The molecule has 3 atom stereocenters. The molecule has 1 aliphatic heterocycles. The van der Waals surface area contributed by atoms with E-state index in [2.05, 4.69) is 10.3 Å². The molecule has 2 N–H and O–H groups in total. The van der Waals surface area contributed by atoms with Gasteiger partial charge < -0.3 is 19.9 Å². The summed E-state index contributed by atoms with van der Waals surface area (Å²) in [6, 6.07) is 3.05. The number of carbonyl (C=O) groups excluding carboxylic acids is 2. The SMILES string of the molecule is CO[C@@]12CC[C@@H](NC(=O)C3CC3)C[C@@H]1N(C(=O)c1cc(C)[nH]c(=O)c1)CC2. The number of hydrogen-bond donors (Lipinski definition) is 2. The number of likely N-dealkylation sites (tertiary alicyclic amines) is 1. The number of ether oxygens (including phenoxy) is 1. The molecule has 1 saturated heterocycles. The van der Waals surface area contributed by atoms with Crippen LogP contribution in [0.25, 0.3) is 0 Å². The van der Waals surface area contributed by atoms with Crippen LogP contribution in [0.5, 0.6) is 0 Å². The Hall–Kier alpha value is -2.15. The van der Waals surface area contributed by atoms with Crippen LogP contribution in [0.4, 0.5) is 0 Å². The van der Waals surface area contributed by atoms with Gasteiger partial charge in [-0.15, -0.1) is 0 Å². The Morgan fingerprint density at radius 2 is 2.04 bits per heavy atom. The molecule has 1 aromatic rings. The van der Waals surface area contributed by atoms with Gasteiger partial charge in [0.2, 0.25) is 11.5 Å². The fourth-order valence-electron chi connectivity index (χ4n) is 4.71. The topological polar surface area (TPSA) is 91.5 Å². The summed E-state index contributed by atoms with van der Waals surface area (Å²) in [5.41, 5.74) is 0.453. The monoisotopic (exact) mass is 373 g/mol. The highest BCUT2D eigenvalue weighted by molar-refractivity contribution is 5.94. The summed E-state index contributed by atoms with van der Waals surface area (Å²) in [5.74, 6) is 0.188. The van der Waals surface area contributed by atoms with Gasteiger partial charge in [-0.25, -0.2) is 0 Å². The first-order valence-electron chi connectivity index (χ1n) is 9.79. The summed E-state index contributed by atoms with van der Waals surface area (Å²) in [7, 11) is 1.71. The van der Waals surface area contributed by atoms with Gasteiger partial charge in [-0.1, -0.05) is 0 Å². The van der Waals surface area contributed by atoms with Crippen molar-refractivity contribution in [1.82, 2.24) is 15.2 Å². The van der Waals surface area contributed by atoms with Crippen LogP contribution in [-0.2, 0) is 9.53 Å². The standard InChI is InChI=1S/C20H27N3O4/c1-12-9-14(10-17(24)21-12)19(26)23-8-7-20(27-2)6-5-15(11-16(20)23)22-18(25)13-3-4-13/h9-10,13,15-16H,3-8,11H2,1-2H3,(H,21,24)(H,22,25)/t15-,16+,20-/m1/s1. The molecule has 2 amide bonds. The second kappa shape index (κ2) is 6.78. The fourth-order valence-corrected chi connectivity index (χ4v) is 4.71. The average Bonchev–Trinajstić information content (AvgIpc) is 3.42. The zero-order valence-electron chi connectivity index (χ0n) is 15.9. The third kappa shape index (κ3) is 3.40. The number of H-pyrrole nitrogens is 1. The molecule has 146 valence electrons. The van der Waals surface area contributed by atoms with E-state index in [1.165, 1.54) is 6.07 Å². The minimum Gasteiger partial charge on any atom is -0.376 e. The van der Waals surface area contributed by atoms with E-state index in [1.807, 2.05) is 4.90 Å². The smallest absolute Gasteiger partial charge is 0.254 e. The molecule has 0 radical (unpaired) electrons. The lowest BCUT2D eigenvalue weighted by Crippen LogP contribution is -2.56. The summed E-state index contributed by atoms with van der Waals surface area (Å²) in [5, 5.41) is 3.16. The van der Waals surface area contributed by atoms with E-state index in [-0.39, 0.29) is 41.0 Å². The number of methoxy groups -OCH3 is 1. The number of rotatable bonds is 4. The second-order valence-electron chi connectivity index (χ2n) is 8.20. The third-order valence-electron chi connectivity index (χ3n) is 6.37. The summed E-state index contributed by atoms with van der Waals surface area (Å²) in [6.45, 7) is 2.37. The summed E-state index contributed by atoms with van der Waals surface area (Å²) in [6.07, 6.45) is 5.13. The maximum Gasteiger partial charge on any atom is 0.254 e. The second-order valence-corrected chi connectivity index (χ2v) is 8.20. The van der Waals surface area contributed by atoms with Crippen LogP contribution in [0.1, 0.15) is 54.6 Å². The van der Waals surface area contributed by atoms with Crippen LogP contribution >= 0.6 is 0 Å². The molecule has 0 spiro atoms. The van der Waals surface area contributed by atoms with Crippen molar-refractivity contribution < 1.29 is 14.3 Å². The van der Waals surface area contributed by atoms with Crippen molar-refractivity contribution in [2.45, 2.75) is 63.1 Å². The van der Waals surface area contributed by atoms with E-state index in [9.17, 15) is 14.4 Å². The Balaban J connectivity index is 1.55. The molecule has 0 aromatic carbocycles. The predicted octanol–water partition coefficient (Wildman–Crippen LogP) is 1.36. The average molecular weight is 373 g/mol. The summed E-state index contributed by atoms with van der Waals surface area (Å²) >= 11 is 0. The van der Waals surface area contributed by atoms with Crippen LogP contribution in [-0.4, -0.2) is 53.0 Å². The van der Waals surface area contributed by atoms with E-state index >= 15 is 0 Å². The molecule has 2 saturated carbocycles. The largest absolute Gasteiger partial charge is 0.376 e. The third-order valence-corrected chi connectivity index (χ3v) is 6.37. The van der Waals surface area contributed by atoms with E-state index < -0.39 is 0 Å². The van der Waals surface area contributed by atoms with Crippen molar-refractivity contribution >= 4 is 11.8 Å². The van der Waals surface area contributed by atoms with E-state index in [0.717, 1.165) is 32.1 Å². The molecule has 0 bridgehead atoms. The highest BCUT2D eigenvalue weighted by atomic mass is 16.5. The number of amides is 2. The molecule has 2 aliphatic carbocycles. The molecule has 4 rings (SSSR count). The Morgan fingerprint density at radius 1 is 1.26 bits per heavy atom. The molecule has 7 nitrogen and oxygen atoms in total. The molecule has 3 aliphatic rings. The molecule has 0 unspecified atom stereocenters. The predicted molar refractivity (Wildman–Crippen MR) is 99.5 cm³/mol. The van der Waals surface area contributed by atoms with Crippen molar-refractivity contribution in [3.05, 3.63) is 33.7 Å². The Bertz CT molecular complexity index is 816. The van der Waals surface area contributed by atoms with Gasteiger partial charge in [0.15, 0.2) is 0 Å². The van der Waals surface area contributed by atoms with Gasteiger partial charge in [0.1, 0.15) is 0 Å². The minimum absolute atomic E-state index is 0.0701. The van der Waals surface area contributed by atoms with E-state index in [0.29, 0.717) is 24.2 Å². The summed E-state index contributed by atoms with van der Waals surface area (Å²) in [4.78, 5) is 41.6. The zero-order chi connectivity index (χ0) is 19.2. The molecule has 2 heterocycles. The fraction of sp³-hybridized carbons (Fsp3) is 0.650. The number of pyridine rings is 1. The zero-order valence-corrected chi connectivity index (χ0v) is 15.9. The number of aromatic amines is 1. The lowest BCUT2D eigenvalue weighted by molar-refractivity contribution is -0.124. The van der Waals surface area contributed by atoms with E-state index in [4.69, 9.17) is 4.74 Å². The lowest BCUT2D eigenvalue weighted by atomic mass is 9.78. The quantitative estimate of drug-likeness (QED) is 0.834. The van der Waals surface area contributed by atoms with E-state index in [1.54, 1.807) is 20.1 Å². The molecule has 3 fully saturated rings. The van der Waals surface area contributed by atoms with Gasteiger partial charge >= 0.3 is 0 Å². The van der Waals surface area contributed by atoms with Crippen molar-refractivity contribution in [3.8, 4) is 0 Å². The van der Waals surface area contributed by atoms with Crippen molar-refractivity contribution in [2.24, 2.45) is 5.92 Å². The number of fused-ring (bicyclic) bond motifs is 1. The Labute approximate surface area is 158 Å². The summed E-state index contributed by atoms with van der Waals surface area (Å²) < 4.78 is 5.91. The van der Waals surface area contributed by atoms with Gasteiger partial charge in [-0.3, -0.25) is 14.4 Å². The molecule has 7 heteroatoms. The van der Waals surface area contributed by atoms with Crippen molar-refractivity contribution in [1.29, 1.82) is 0 Å². The first kappa shape index (κ1) is 18.2. The molecule has 1 aromatic heterocycles. The molecular formula is C20H27N3O4. The number of nitrogens with zero attached hydrogens (tertiary/aromatic N) is 1. The first-order chi connectivity index (χ1) is 12.9. The number of carbonyl (C=O) groups is 2. The number of nitrogens with one attached hydrogen (secondary N) is 2. The number of aryl methyl sites for hydroxylation is 1. The Morgan fingerprint density at radius 3 is 2.70 bits per heavy atom. The van der Waals surface area contributed by atoms with Crippen molar-refractivity contribution in [2.75, 3.05) is 13.7 Å². The van der Waals surface area contributed by atoms with Crippen LogP contribution in [0.2, 0.25) is 0 Å². The highest BCUT2D eigenvalue weighted by Gasteiger charge is 2.53. The highest BCUT2D eigenvalue weighted by Crippen LogP contribution is 2.43. The minimum atomic E-state index is -0.354. The van der Waals surface area contributed by atoms with Gasteiger partial charge in [0.25, 0.3) is 5.91 Å². The van der Waals surface area contributed by atoms with Gasteiger partial charge in [0, 0.05) is 42.9 Å². The van der Waals surface area contributed by atoms with Crippen LogP contribution < -0.4 is 10.9 Å². The number of aromatic nitrogens is 1. The first-order valence-corrected chi connectivity index (χ1v) is 9.79. The Kier molecular flexibility index (Phi) is 4.58. The normalized spacial score (nSPS) is 30.1. The molecule has 27 heavy (non-hydrogen) atoms. The van der Waals surface area contributed by atoms with Gasteiger partial charge in [0.05, 0.1) is 11.6 Å². The molecular weight excluding hydrogens is 346 g/mol. The van der Waals surface area contributed by atoms with Crippen LogP contribution in [0.3, 0.4) is 0 Å². The van der Waals surface area contributed by atoms with Crippen LogP contribution in [0.15, 0.2) is 16.9 Å². The van der Waals surface area contributed by atoms with Crippen molar-refractivity contribution in [3.63, 3.8) is 0 Å². The van der Waals surface area contributed by atoms with Gasteiger partial charge in [-0.05, 0) is 51.5 Å². The van der Waals surface area contributed by atoms with Crippen LogP contribution in [0, 0.1) is 12.8 Å². The maximum atomic E-state index is 13.1.